The summed E-state index contributed by atoms with van der Waals surface area (Å²) >= 11 is 1.49. The Bertz CT molecular complexity index is 562. The van der Waals surface area contributed by atoms with E-state index in [9.17, 15) is 4.79 Å². The largest absolute Gasteiger partial charge is 0.378 e. The van der Waals surface area contributed by atoms with Gasteiger partial charge in [-0.15, -0.1) is 5.10 Å². The van der Waals surface area contributed by atoms with E-state index in [1.807, 2.05) is 18.1 Å². The zero-order chi connectivity index (χ0) is 14.1. The van der Waals surface area contributed by atoms with Gasteiger partial charge in [0.2, 0.25) is 11.1 Å². The van der Waals surface area contributed by atoms with Crippen LogP contribution in [0.25, 0.3) is 0 Å². The number of rotatable bonds is 2. The molecule has 7 nitrogen and oxygen atoms in total. The molecule has 20 heavy (non-hydrogen) atoms. The van der Waals surface area contributed by atoms with Gasteiger partial charge in [-0.1, -0.05) is 11.8 Å². The second kappa shape index (κ2) is 5.45. The van der Waals surface area contributed by atoms with Gasteiger partial charge in [0, 0.05) is 18.8 Å². The lowest BCUT2D eigenvalue weighted by molar-refractivity contribution is -0.131. The van der Waals surface area contributed by atoms with Crippen LogP contribution in [-0.2, 0) is 16.1 Å². The lowest BCUT2D eigenvalue weighted by atomic mass is 10.1. The summed E-state index contributed by atoms with van der Waals surface area (Å²) in [6.07, 6.45) is 1.93. The van der Waals surface area contributed by atoms with E-state index in [1.54, 1.807) is 4.68 Å². The topological polar surface area (TPSA) is 72.3 Å². The molecule has 1 saturated heterocycles. The Labute approximate surface area is 121 Å². The standard InChI is InChI=1S/C12H17N5O2S/c1-8-9(10(18)16-3-5-19-6-4-16)7-17-11(13-8)14-12(15-17)20-2/h3-7H2,1-2H3,(H,13,14,15). The van der Waals surface area contributed by atoms with E-state index < -0.39 is 0 Å². The van der Waals surface area contributed by atoms with Crippen molar-refractivity contribution in [2.24, 2.45) is 0 Å². The van der Waals surface area contributed by atoms with Gasteiger partial charge in [-0.25, -0.2) is 4.68 Å². The van der Waals surface area contributed by atoms with E-state index in [0.717, 1.165) is 11.3 Å². The summed E-state index contributed by atoms with van der Waals surface area (Å²) in [5, 5.41) is 8.23. The lowest BCUT2D eigenvalue weighted by Crippen LogP contribution is -2.43. The predicted octanol–water partition coefficient (Wildman–Crippen LogP) is 0.558. The van der Waals surface area contributed by atoms with E-state index in [-0.39, 0.29) is 5.91 Å². The number of hydrogen-bond donors (Lipinski definition) is 1. The summed E-state index contributed by atoms with van der Waals surface area (Å²) in [5.41, 5.74) is 1.60. The third-order valence-electron chi connectivity index (χ3n) is 3.45. The number of anilines is 1. The van der Waals surface area contributed by atoms with Gasteiger partial charge in [0.15, 0.2) is 0 Å². The molecule has 0 unspecified atom stereocenters. The molecule has 1 N–H and O–H groups in total. The van der Waals surface area contributed by atoms with Gasteiger partial charge in [0.05, 0.1) is 25.3 Å². The van der Waals surface area contributed by atoms with Crippen molar-refractivity contribution in [2.75, 3.05) is 37.9 Å². The highest BCUT2D eigenvalue weighted by atomic mass is 32.2. The highest BCUT2D eigenvalue weighted by molar-refractivity contribution is 7.98. The van der Waals surface area contributed by atoms with Crippen molar-refractivity contribution in [2.45, 2.75) is 18.6 Å². The minimum atomic E-state index is 0.0603. The molecule has 0 aliphatic carbocycles. The number of ether oxygens (including phenoxy) is 1. The number of hydrogen-bond acceptors (Lipinski definition) is 6. The van der Waals surface area contributed by atoms with Crippen molar-refractivity contribution in [3.63, 3.8) is 0 Å². The summed E-state index contributed by atoms with van der Waals surface area (Å²) in [6.45, 7) is 4.89. The summed E-state index contributed by atoms with van der Waals surface area (Å²) in [4.78, 5) is 18.7. The van der Waals surface area contributed by atoms with Crippen molar-refractivity contribution in [3.05, 3.63) is 11.3 Å². The number of thioether (sulfide) groups is 1. The average Bonchev–Trinajstić information content (AvgIpc) is 2.88. The third-order valence-corrected chi connectivity index (χ3v) is 3.99. The Hall–Kier alpha value is -1.54. The van der Waals surface area contributed by atoms with Gasteiger partial charge >= 0.3 is 0 Å². The van der Waals surface area contributed by atoms with Gasteiger partial charge in [-0.2, -0.15) is 4.98 Å². The third kappa shape index (κ3) is 2.40. The van der Waals surface area contributed by atoms with E-state index in [1.165, 1.54) is 11.8 Å². The Morgan fingerprint density at radius 2 is 2.15 bits per heavy atom. The summed E-state index contributed by atoms with van der Waals surface area (Å²) in [5.74, 6) is 0.760. The maximum Gasteiger partial charge on any atom is 0.253 e. The van der Waals surface area contributed by atoms with Crippen molar-refractivity contribution >= 4 is 23.6 Å². The zero-order valence-corrected chi connectivity index (χ0v) is 12.4. The highest BCUT2D eigenvalue weighted by Gasteiger charge is 2.27. The minimum absolute atomic E-state index is 0.0603. The monoisotopic (exact) mass is 295 g/mol. The Kier molecular flexibility index (Phi) is 3.66. The van der Waals surface area contributed by atoms with Crippen LogP contribution in [0.1, 0.15) is 6.92 Å². The second-order valence-electron chi connectivity index (χ2n) is 4.71. The van der Waals surface area contributed by atoms with Crippen LogP contribution in [0.15, 0.2) is 16.4 Å². The van der Waals surface area contributed by atoms with Crippen LogP contribution in [0.3, 0.4) is 0 Å². The number of allylic oxidation sites excluding steroid dienone is 1. The van der Waals surface area contributed by atoms with Crippen LogP contribution in [0.5, 0.6) is 0 Å². The smallest absolute Gasteiger partial charge is 0.253 e. The fourth-order valence-corrected chi connectivity index (χ4v) is 2.67. The van der Waals surface area contributed by atoms with Crippen LogP contribution in [-0.4, -0.2) is 58.1 Å². The molecule has 108 valence electrons. The average molecular weight is 295 g/mol. The maximum atomic E-state index is 12.6. The Morgan fingerprint density at radius 1 is 1.40 bits per heavy atom. The number of carbonyl (C=O) groups excluding carboxylic acids is 1. The quantitative estimate of drug-likeness (QED) is 0.804. The molecule has 0 spiro atoms. The fraction of sp³-hybridized carbons (Fsp3) is 0.583. The first-order valence-corrected chi connectivity index (χ1v) is 7.74. The molecule has 0 radical (unpaired) electrons. The maximum absolute atomic E-state index is 12.6. The number of nitrogens with zero attached hydrogens (tertiary/aromatic N) is 4. The number of morpholine rings is 1. The molecule has 3 rings (SSSR count). The van der Waals surface area contributed by atoms with Crippen LogP contribution >= 0.6 is 11.8 Å². The first-order chi connectivity index (χ1) is 9.69. The van der Waals surface area contributed by atoms with E-state index in [4.69, 9.17) is 4.74 Å². The van der Waals surface area contributed by atoms with Crippen LogP contribution in [0.2, 0.25) is 0 Å². The number of aromatic nitrogens is 3. The fourth-order valence-electron chi connectivity index (χ4n) is 2.31. The molecule has 1 aromatic heterocycles. The van der Waals surface area contributed by atoms with E-state index in [2.05, 4.69) is 15.4 Å². The molecule has 1 aromatic rings. The SMILES string of the molecule is CSc1nc2n(n1)CC(C(=O)N1CCOCC1)=C(C)N2. The van der Waals surface area contributed by atoms with Gasteiger partial charge in [-0.3, -0.25) is 4.79 Å². The molecule has 0 aromatic carbocycles. The highest BCUT2D eigenvalue weighted by Crippen LogP contribution is 2.23. The molecule has 2 aliphatic rings. The number of nitrogens with one attached hydrogen (secondary N) is 1. The molecule has 8 heteroatoms. The summed E-state index contributed by atoms with van der Waals surface area (Å²) in [7, 11) is 0. The molecule has 1 fully saturated rings. The zero-order valence-electron chi connectivity index (χ0n) is 11.5. The Morgan fingerprint density at radius 3 is 2.85 bits per heavy atom. The van der Waals surface area contributed by atoms with Crippen molar-refractivity contribution in [3.8, 4) is 0 Å². The van der Waals surface area contributed by atoms with Crippen LogP contribution in [0, 0.1) is 0 Å². The molecular formula is C12H17N5O2S. The van der Waals surface area contributed by atoms with Gasteiger partial charge in [0.25, 0.3) is 5.91 Å². The molecule has 0 bridgehead atoms. The molecule has 0 saturated carbocycles. The first-order valence-electron chi connectivity index (χ1n) is 6.51. The summed E-state index contributed by atoms with van der Waals surface area (Å²) in [6, 6.07) is 0. The van der Waals surface area contributed by atoms with Crippen molar-refractivity contribution < 1.29 is 9.53 Å². The van der Waals surface area contributed by atoms with Crippen LogP contribution < -0.4 is 5.32 Å². The normalized spacial score (nSPS) is 18.8. The molecular weight excluding hydrogens is 278 g/mol. The van der Waals surface area contributed by atoms with E-state index in [0.29, 0.717) is 44.0 Å². The first kappa shape index (κ1) is 13.4. The van der Waals surface area contributed by atoms with Crippen molar-refractivity contribution in [1.29, 1.82) is 0 Å². The molecule has 0 atom stereocenters. The van der Waals surface area contributed by atoms with Crippen LogP contribution in [0.4, 0.5) is 5.95 Å². The number of fused-ring (bicyclic) bond motifs is 1. The lowest BCUT2D eigenvalue weighted by Gasteiger charge is -2.29. The molecule has 3 heterocycles. The second-order valence-corrected chi connectivity index (χ2v) is 5.49. The number of carbonyl (C=O) groups is 1. The summed E-state index contributed by atoms with van der Waals surface area (Å²) < 4.78 is 7.02. The van der Waals surface area contributed by atoms with Crippen molar-refractivity contribution in [1.82, 2.24) is 19.7 Å². The van der Waals surface area contributed by atoms with E-state index >= 15 is 0 Å². The minimum Gasteiger partial charge on any atom is -0.378 e. The molecule has 1 amide bonds. The van der Waals surface area contributed by atoms with Gasteiger partial charge in [-0.05, 0) is 13.2 Å². The van der Waals surface area contributed by atoms with Gasteiger partial charge < -0.3 is 15.0 Å². The Balaban J connectivity index is 1.80. The van der Waals surface area contributed by atoms with Gasteiger partial charge in [0.1, 0.15) is 0 Å². The molecule has 2 aliphatic heterocycles. The predicted molar refractivity (Wildman–Crippen MR) is 75.5 cm³/mol. The number of amides is 1.